The molecule has 1 saturated heterocycles. The number of anilines is 1. The average molecular weight is 500 g/mol. The molecule has 8 nitrogen and oxygen atoms in total. The van der Waals surface area contributed by atoms with Gasteiger partial charge in [-0.2, -0.15) is 11.3 Å². The number of thiophene rings is 1. The van der Waals surface area contributed by atoms with Gasteiger partial charge in [0.2, 0.25) is 0 Å². The van der Waals surface area contributed by atoms with E-state index < -0.39 is 10.0 Å². The van der Waals surface area contributed by atoms with Crippen molar-refractivity contribution in [1.82, 2.24) is 9.80 Å². The number of nitrogens with one attached hydrogen (secondary N) is 1. The van der Waals surface area contributed by atoms with E-state index in [1.54, 1.807) is 41.7 Å². The molecule has 34 heavy (non-hydrogen) atoms. The summed E-state index contributed by atoms with van der Waals surface area (Å²) < 4.78 is 39.1. The first-order valence-corrected chi connectivity index (χ1v) is 13.5. The normalized spacial score (nSPS) is 16.3. The largest absolute Gasteiger partial charge is 0.486 e. The van der Waals surface area contributed by atoms with Crippen molar-refractivity contribution in [2.24, 2.45) is 0 Å². The number of nitrogens with zero attached hydrogens (tertiary/aromatic N) is 2. The van der Waals surface area contributed by atoms with Crippen LogP contribution in [0, 0.1) is 0 Å². The van der Waals surface area contributed by atoms with Gasteiger partial charge in [0.15, 0.2) is 11.5 Å². The Morgan fingerprint density at radius 3 is 2.38 bits per heavy atom. The van der Waals surface area contributed by atoms with Gasteiger partial charge in [0.25, 0.3) is 15.9 Å². The lowest BCUT2D eigenvalue weighted by atomic mass is 10.1. The minimum Gasteiger partial charge on any atom is -0.486 e. The van der Waals surface area contributed by atoms with Gasteiger partial charge in [-0.05, 0) is 58.8 Å². The highest BCUT2D eigenvalue weighted by Crippen LogP contribution is 2.32. The van der Waals surface area contributed by atoms with Crippen LogP contribution in [0.25, 0.3) is 0 Å². The van der Waals surface area contributed by atoms with Gasteiger partial charge in [-0.25, -0.2) is 8.42 Å². The van der Waals surface area contributed by atoms with Crippen LogP contribution in [0.5, 0.6) is 11.5 Å². The number of ether oxygens (including phenoxy) is 2. The van der Waals surface area contributed by atoms with E-state index in [4.69, 9.17) is 9.47 Å². The molecule has 0 saturated carbocycles. The summed E-state index contributed by atoms with van der Waals surface area (Å²) in [5.41, 5.74) is 2.22. The molecule has 0 spiro atoms. The quantitative estimate of drug-likeness (QED) is 0.560. The molecule has 1 N–H and O–H groups in total. The lowest BCUT2D eigenvalue weighted by Crippen LogP contribution is -2.48. The third kappa shape index (κ3) is 5.03. The fraction of sp³-hybridized carbons (Fsp3) is 0.292. The van der Waals surface area contributed by atoms with Gasteiger partial charge in [0, 0.05) is 50.0 Å². The van der Waals surface area contributed by atoms with Gasteiger partial charge in [-0.1, -0.05) is 0 Å². The minimum absolute atomic E-state index is 0.0450. The zero-order valence-electron chi connectivity index (χ0n) is 18.5. The molecule has 0 unspecified atom stereocenters. The second-order valence-electron chi connectivity index (χ2n) is 8.19. The molecule has 5 rings (SSSR count). The van der Waals surface area contributed by atoms with Crippen molar-refractivity contribution in [3.63, 3.8) is 0 Å². The van der Waals surface area contributed by atoms with Gasteiger partial charge in [0.05, 0.1) is 4.90 Å². The summed E-state index contributed by atoms with van der Waals surface area (Å²) in [6.07, 6.45) is 0. The average Bonchev–Trinajstić information content (AvgIpc) is 3.37. The molecule has 1 amide bonds. The number of carbonyl (C=O) groups excluding carboxylic acids is 1. The number of piperazine rings is 1. The number of benzene rings is 2. The molecule has 3 heterocycles. The Bertz CT molecular complexity index is 1250. The van der Waals surface area contributed by atoms with Crippen LogP contribution < -0.4 is 14.2 Å². The molecule has 0 atom stereocenters. The van der Waals surface area contributed by atoms with Gasteiger partial charge in [-0.3, -0.25) is 14.4 Å². The Balaban J connectivity index is 1.19. The van der Waals surface area contributed by atoms with E-state index in [0.29, 0.717) is 49.1 Å². The van der Waals surface area contributed by atoms with Gasteiger partial charge in [0.1, 0.15) is 13.2 Å². The molecule has 0 aliphatic carbocycles. The SMILES string of the molecule is O=C(c1ccc(NS(=O)(=O)c2ccc3c(c2)OCCO3)cc1)N1CCN(Cc2ccsc2)CC1. The highest BCUT2D eigenvalue weighted by atomic mass is 32.2. The number of amides is 1. The number of sulfonamides is 1. The predicted octanol–water partition coefficient (Wildman–Crippen LogP) is 3.28. The summed E-state index contributed by atoms with van der Waals surface area (Å²) in [5, 5.41) is 4.23. The lowest BCUT2D eigenvalue weighted by Gasteiger charge is -2.34. The molecule has 1 fully saturated rings. The molecule has 3 aromatic rings. The van der Waals surface area contributed by atoms with Crippen LogP contribution in [0.4, 0.5) is 5.69 Å². The first-order valence-electron chi connectivity index (χ1n) is 11.0. The molecule has 2 aliphatic heterocycles. The molecule has 2 aromatic carbocycles. The molecular weight excluding hydrogens is 474 g/mol. The third-order valence-corrected chi connectivity index (χ3v) is 7.96. The zero-order valence-corrected chi connectivity index (χ0v) is 20.1. The molecule has 0 bridgehead atoms. The zero-order chi connectivity index (χ0) is 23.5. The molecule has 178 valence electrons. The van der Waals surface area contributed by atoms with Crippen molar-refractivity contribution in [3.05, 3.63) is 70.4 Å². The van der Waals surface area contributed by atoms with Crippen LogP contribution in [0.3, 0.4) is 0 Å². The first kappa shape index (κ1) is 22.7. The summed E-state index contributed by atoms with van der Waals surface area (Å²) in [6.45, 7) is 4.72. The maximum atomic E-state index is 12.9. The van der Waals surface area contributed by atoms with Crippen LogP contribution in [-0.2, 0) is 16.6 Å². The molecule has 2 aliphatic rings. The number of carbonyl (C=O) groups is 1. The predicted molar refractivity (Wildman–Crippen MR) is 130 cm³/mol. The van der Waals surface area contributed by atoms with E-state index in [-0.39, 0.29) is 10.8 Å². The van der Waals surface area contributed by atoms with Crippen molar-refractivity contribution in [2.75, 3.05) is 44.1 Å². The van der Waals surface area contributed by atoms with E-state index in [0.717, 1.165) is 19.6 Å². The first-order chi connectivity index (χ1) is 16.5. The summed E-state index contributed by atoms with van der Waals surface area (Å²) in [6, 6.07) is 13.2. The number of fused-ring (bicyclic) bond motifs is 1. The Hall–Kier alpha value is -3.08. The summed E-state index contributed by atoms with van der Waals surface area (Å²) >= 11 is 1.69. The maximum Gasteiger partial charge on any atom is 0.262 e. The Morgan fingerprint density at radius 1 is 0.941 bits per heavy atom. The number of hydrogen-bond acceptors (Lipinski definition) is 7. The van der Waals surface area contributed by atoms with Crippen LogP contribution in [-0.4, -0.2) is 63.5 Å². The van der Waals surface area contributed by atoms with Crippen LogP contribution >= 0.6 is 11.3 Å². The minimum atomic E-state index is -3.81. The second kappa shape index (κ2) is 9.65. The highest BCUT2D eigenvalue weighted by Gasteiger charge is 2.23. The van der Waals surface area contributed by atoms with Gasteiger partial charge in [-0.15, -0.1) is 0 Å². The monoisotopic (exact) mass is 499 g/mol. The van der Waals surface area contributed by atoms with Crippen LogP contribution in [0.2, 0.25) is 0 Å². The smallest absolute Gasteiger partial charge is 0.262 e. The number of hydrogen-bond donors (Lipinski definition) is 1. The molecular formula is C24H25N3O5S2. The van der Waals surface area contributed by atoms with Gasteiger partial charge < -0.3 is 14.4 Å². The van der Waals surface area contributed by atoms with E-state index in [1.165, 1.54) is 17.7 Å². The Morgan fingerprint density at radius 2 is 1.68 bits per heavy atom. The third-order valence-electron chi connectivity index (χ3n) is 5.85. The topological polar surface area (TPSA) is 88.2 Å². The van der Waals surface area contributed by atoms with E-state index in [1.807, 2.05) is 4.90 Å². The fourth-order valence-corrected chi connectivity index (χ4v) is 5.75. The molecule has 1 aromatic heterocycles. The Kier molecular flexibility index (Phi) is 6.44. The standard InChI is InChI=1S/C24H25N3O5S2/c28-24(27-10-8-26(9-11-27)16-18-7-14-33-17-18)19-1-3-20(4-2-19)25-34(29,30)21-5-6-22-23(15-21)32-13-12-31-22/h1-7,14-15,17,25H,8-13,16H2. The van der Waals surface area contributed by atoms with Gasteiger partial charge >= 0.3 is 0 Å². The molecule has 0 radical (unpaired) electrons. The summed E-state index contributed by atoms with van der Waals surface area (Å²) in [5.74, 6) is 0.891. The van der Waals surface area contributed by atoms with E-state index in [2.05, 4.69) is 26.4 Å². The van der Waals surface area contributed by atoms with Crippen molar-refractivity contribution < 1.29 is 22.7 Å². The van der Waals surface area contributed by atoms with Crippen LogP contribution in [0.15, 0.2) is 64.2 Å². The van der Waals surface area contributed by atoms with Crippen molar-refractivity contribution in [1.29, 1.82) is 0 Å². The lowest BCUT2D eigenvalue weighted by molar-refractivity contribution is 0.0628. The van der Waals surface area contributed by atoms with Crippen LogP contribution in [0.1, 0.15) is 15.9 Å². The van der Waals surface area contributed by atoms with E-state index >= 15 is 0 Å². The fourth-order valence-electron chi connectivity index (χ4n) is 4.02. The van der Waals surface area contributed by atoms with Crippen molar-refractivity contribution in [3.8, 4) is 11.5 Å². The summed E-state index contributed by atoms with van der Waals surface area (Å²) in [7, 11) is -3.81. The maximum absolute atomic E-state index is 12.9. The second-order valence-corrected chi connectivity index (χ2v) is 10.7. The van der Waals surface area contributed by atoms with E-state index in [9.17, 15) is 13.2 Å². The van der Waals surface area contributed by atoms with Crippen molar-refractivity contribution in [2.45, 2.75) is 11.4 Å². The Labute approximate surface area is 202 Å². The number of rotatable bonds is 6. The molecule has 10 heteroatoms. The summed E-state index contributed by atoms with van der Waals surface area (Å²) in [4.78, 5) is 17.2. The van der Waals surface area contributed by atoms with Crippen molar-refractivity contribution >= 4 is 33.0 Å². The highest BCUT2D eigenvalue weighted by molar-refractivity contribution is 7.92.